The number of hydrogen-bond donors (Lipinski definition) is 3. The van der Waals surface area contributed by atoms with Crippen molar-refractivity contribution in [2.24, 2.45) is 5.73 Å². The number of halogens is 5. The monoisotopic (exact) mass is 395 g/mol. The maximum atomic E-state index is 13.9. The van der Waals surface area contributed by atoms with E-state index in [9.17, 15) is 27.5 Å². The van der Waals surface area contributed by atoms with Gasteiger partial charge in [0.25, 0.3) is 0 Å². The standard InChI is InChI=1S/C13H10BrF4N3O2/c14-5-1-6-8(20-4-9(22)12(19)23)3-10(13(16,17)18)21-11(6)7(15)2-5/h1-3,9,22H,4H2,(H2,19,23)(H,20,21). The van der Waals surface area contributed by atoms with Crippen LogP contribution < -0.4 is 11.1 Å². The molecular formula is C13H10BrF4N3O2. The van der Waals surface area contributed by atoms with Crippen molar-refractivity contribution in [2.45, 2.75) is 12.3 Å². The molecule has 4 N–H and O–H groups in total. The number of rotatable bonds is 4. The van der Waals surface area contributed by atoms with Crippen LogP contribution in [-0.2, 0) is 11.0 Å². The van der Waals surface area contributed by atoms with Crippen molar-refractivity contribution in [3.8, 4) is 0 Å². The molecule has 0 spiro atoms. The van der Waals surface area contributed by atoms with Gasteiger partial charge in [-0.25, -0.2) is 9.37 Å². The van der Waals surface area contributed by atoms with Gasteiger partial charge in [0, 0.05) is 22.1 Å². The number of anilines is 1. The quantitative estimate of drug-likeness (QED) is 0.693. The summed E-state index contributed by atoms with van der Waals surface area (Å²) in [5, 5.41) is 11.9. The van der Waals surface area contributed by atoms with Crippen LogP contribution >= 0.6 is 15.9 Å². The summed E-state index contributed by atoms with van der Waals surface area (Å²) in [6, 6.07) is 3.02. The number of hydrogen-bond acceptors (Lipinski definition) is 4. The van der Waals surface area contributed by atoms with E-state index in [1.54, 1.807) is 0 Å². The fraction of sp³-hybridized carbons (Fsp3) is 0.231. The average Bonchev–Trinajstić information content (AvgIpc) is 2.43. The van der Waals surface area contributed by atoms with E-state index in [4.69, 9.17) is 5.73 Å². The van der Waals surface area contributed by atoms with E-state index < -0.39 is 41.8 Å². The highest BCUT2D eigenvalue weighted by Gasteiger charge is 2.34. The molecular weight excluding hydrogens is 386 g/mol. The number of aromatic nitrogens is 1. The number of pyridine rings is 1. The van der Waals surface area contributed by atoms with Crippen LogP contribution in [0.5, 0.6) is 0 Å². The van der Waals surface area contributed by atoms with Crippen molar-refractivity contribution in [3.63, 3.8) is 0 Å². The van der Waals surface area contributed by atoms with Crippen LogP contribution in [0, 0.1) is 5.82 Å². The van der Waals surface area contributed by atoms with E-state index in [1.807, 2.05) is 0 Å². The van der Waals surface area contributed by atoms with Crippen LogP contribution in [0.3, 0.4) is 0 Å². The highest BCUT2D eigenvalue weighted by Crippen LogP contribution is 2.35. The number of aliphatic hydroxyl groups is 1. The summed E-state index contributed by atoms with van der Waals surface area (Å²) in [6.45, 7) is -0.431. The minimum Gasteiger partial charge on any atom is -0.381 e. The molecule has 1 aromatic carbocycles. The predicted molar refractivity (Wildman–Crippen MR) is 78.1 cm³/mol. The molecule has 1 unspecified atom stereocenters. The number of nitrogens with zero attached hydrogens (tertiary/aromatic N) is 1. The molecule has 1 aromatic heterocycles. The third kappa shape index (κ3) is 3.88. The van der Waals surface area contributed by atoms with Gasteiger partial charge in [-0.15, -0.1) is 0 Å². The summed E-state index contributed by atoms with van der Waals surface area (Å²) in [5.41, 5.74) is 2.94. The lowest BCUT2D eigenvalue weighted by Crippen LogP contribution is -2.34. The molecule has 23 heavy (non-hydrogen) atoms. The van der Waals surface area contributed by atoms with Gasteiger partial charge in [-0.1, -0.05) is 15.9 Å². The van der Waals surface area contributed by atoms with E-state index in [0.717, 1.165) is 6.07 Å². The molecule has 1 heterocycles. The van der Waals surface area contributed by atoms with Gasteiger partial charge in [0.15, 0.2) is 5.82 Å². The lowest BCUT2D eigenvalue weighted by atomic mass is 10.1. The summed E-state index contributed by atoms with van der Waals surface area (Å²) in [5.74, 6) is -1.99. The van der Waals surface area contributed by atoms with Crippen LogP contribution in [-0.4, -0.2) is 28.6 Å². The zero-order chi connectivity index (χ0) is 17.4. The van der Waals surface area contributed by atoms with Crippen LogP contribution in [0.1, 0.15) is 5.69 Å². The number of fused-ring (bicyclic) bond motifs is 1. The highest BCUT2D eigenvalue weighted by atomic mass is 79.9. The van der Waals surface area contributed by atoms with Gasteiger partial charge >= 0.3 is 6.18 Å². The van der Waals surface area contributed by atoms with Crippen LogP contribution in [0.25, 0.3) is 10.9 Å². The molecule has 0 aliphatic carbocycles. The van der Waals surface area contributed by atoms with Crippen LogP contribution in [0.2, 0.25) is 0 Å². The fourth-order valence-electron chi connectivity index (χ4n) is 1.85. The minimum absolute atomic E-state index is 0.0570. The highest BCUT2D eigenvalue weighted by molar-refractivity contribution is 9.10. The molecule has 1 amide bonds. The molecule has 5 nitrogen and oxygen atoms in total. The van der Waals surface area contributed by atoms with E-state index in [1.165, 1.54) is 6.07 Å². The first kappa shape index (κ1) is 17.4. The van der Waals surface area contributed by atoms with Gasteiger partial charge < -0.3 is 16.2 Å². The first-order valence-corrected chi connectivity index (χ1v) is 6.97. The Kier molecular flexibility index (Phi) is 4.76. The van der Waals surface area contributed by atoms with E-state index in [2.05, 4.69) is 26.2 Å². The maximum absolute atomic E-state index is 13.9. The van der Waals surface area contributed by atoms with Crippen LogP contribution in [0.15, 0.2) is 22.7 Å². The maximum Gasteiger partial charge on any atom is 0.433 e. The Morgan fingerprint density at radius 1 is 1.39 bits per heavy atom. The number of primary amides is 1. The van der Waals surface area contributed by atoms with Gasteiger partial charge in [0.1, 0.15) is 17.3 Å². The Hall–Kier alpha value is -1.94. The summed E-state index contributed by atoms with van der Waals surface area (Å²) < 4.78 is 52.9. The number of benzene rings is 1. The van der Waals surface area contributed by atoms with E-state index >= 15 is 0 Å². The number of carbonyl (C=O) groups excluding carboxylic acids is 1. The lowest BCUT2D eigenvalue weighted by Gasteiger charge is -2.15. The van der Waals surface area contributed by atoms with Crippen molar-refractivity contribution in [1.29, 1.82) is 0 Å². The smallest absolute Gasteiger partial charge is 0.381 e. The predicted octanol–water partition coefficient (Wildman–Crippen LogP) is 2.41. The SMILES string of the molecule is NC(=O)C(O)CNc1cc(C(F)(F)F)nc2c(F)cc(Br)cc12. The third-order valence-electron chi connectivity index (χ3n) is 2.94. The van der Waals surface area contributed by atoms with Crippen molar-refractivity contribution in [1.82, 2.24) is 4.98 Å². The minimum atomic E-state index is -4.79. The zero-order valence-corrected chi connectivity index (χ0v) is 12.9. The first-order valence-electron chi connectivity index (χ1n) is 6.18. The Morgan fingerprint density at radius 3 is 2.61 bits per heavy atom. The summed E-state index contributed by atoms with van der Waals surface area (Å²) in [7, 11) is 0. The molecule has 0 radical (unpaired) electrons. The van der Waals surface area contributed by atoms with E-state index in [-0.39, 0.29) is 11.1 Å². The molecule has 124 valence electrons. The van der Waals surface area contributed by atoms with Gasteiger partial charge in [-0.05, 0) is 18.2 Å². The number of nitrogens with two attached hydrogens (primary N) is 1. The van der Waals surface area contributed by atoms with Crippen LogP contribution in [0.4, 0.5) is 23.2 Å². The Balaban J connectivity index is 2.57. The number of nitrogens with one attached hydrogen (secondary N) is 1. The molecule has 1 atom stereocenters. The molecule has 0 saturated carbocycles. The third-order valence-corrected chi connectivity index (χ3v) is 3.39. The zero-order valence-electron chi connectivity index (χ0n) is 11.3. The summed E-state index contributed by atoms with van der Waals surface area (Å²) in [4.78, 5) is 14.1. The lowest BCUT2D eigenvalue weighted by molar-refractivity contribution is -0.141. The largest absolute Gasteiger partial charge is 0.433 e. The molecule has 0 saturated heterocycles. The molecule has 0 aliphatic rings. The number of carbonyl (C=O) groups is 1. The second kappa shape index (κ2) is 6.28. The first-order chi connectivity index (χ1) is 10.6. The van der Waals surface area contributed by atoms with Crippen molar-refractivity contribution < 1.29 is 27.5 Å². The molecule has 0 aliphatic heterocycles. The van der Waals surface area contributed by atoms with Gasteiger partial charge in [0.05, 0.1) is 0 Å². The summed E-state index contributed by atoms with van der Waals surface area (Å²) >= 11 is 3.04. The second-order valence-corrected chi connectivity index (χ2v) is 5.55. The summed E-state index contributed by atoms with van der Waals surface area (Å²) in [6.07, 6.45) is -6.39. The van der Waals surface area contributed by atoms with Crippen molar-refractivity contribution in [2.75, 3.05) is 11.9 Å². The normalized spacial score (nSPS) is 13.1. The topological polar surface area (TPSA) is 88.2 Å². The van der Waals surface area contributed by atoms with Gasteiger partial charge in [0.2, 0.25) is 5.91 Å². The fourth-order valence-corrected chi connectivity index (χ4v) is 2.28. The van der Waals surface area contributed by atoms with Crippen molar-refractivity contribution >= 4 is 38.4 Å². The van der Waals surface area contributed by atoms with Gasteiger partial charge in [-0.2, -0.15) is 13.2 Å². The van der Waals surface area contributed by atoms with Crippen molar-refractivity contribution in [3.05, 3.63) is 34.2 Å². The number of amides is 1. The Labute approximate surface area is 135 Å². The number of aliphatic hydroxyl groups excluding tert-OH is 1. The molecule has 2 aromatic rings. The second-order valence-electron chi connectivity index (χ2n) is 4.64. The molecule has 0 bridgehead atoms. The number of alkyl halides is 3. The van der Waals surface area contributed by atoms with Gasteiger partial charge in [-0.3, -0.25) is 4.79 Å². The molecule has 2 rings (SSSR count). The Bertz CT molecular complexity index is 767. The van der Waals surface area contributed by atoms with E-state index in [0.29, 0.717) is 10.5 Å². The average molecular weight is 396 g/mol. The molecule has 0 fully saturated rings. The Morgan fingerprint density at radius 2 is 2.04 bits per heavy atom. The molecule has 10 heteroatoms.